The molecule has 1 saturated heterocycles. The Kier molecular flexibility index (Phi) is 11.2. The summed E-state index contributed by atoms with van der Waals surface area (Å²) in [6, 6.07) is 0. The first kappa shape index (κ1) is 25.9. The molecule has 0 aromatic rings. The number of hydrogen-bond donors (Lipinski definition) is 0. The highest BCUT2D eigenvalue weighted by Gasteiger charge is 2.33. The maximum absolute atomic E-state index is 11.6. The van der Waals surface area contributed by atoms with Crippen LogP contribution in [0.1, 0.15) is 100 Å². The van der Waals surface area contributed by atoms with Gasteiger partial charge in [0.2, 0.25) is 0 Å². The Labute approximate surface area is 180 Å². The first-order chi connectivity index (χ1) is 13.5. The van der Waals surface area contributed by atoms with Gasteiger partial charge in [0.15, 0.2) is 0 Å². The van der Waals surface area contributed by atoms with E-state index in [1.165, 1.54) is 37.7 Å². The SMILES string of the molecule is C/C(=C\C(C)CC(C)CC(C)CCC(C)C(C)CC(C)C)CC1CC(=O)OC1=O. The van der Waals surface area contributed by atoms with E-state index in [-0.39, 0.29) is 24.3 Å². The highest BCUT2D eigenvalue weighted by Crippen LogP contribution is 2.29. The third-order valence-corrected chi connectivity index (χ3v) is 6.61. The number of allylic oxidation sites excluding steroid dienone is 2. The summed E-state index contributed by atoms with van der Waals surface area (Å²) < 4.78 is 4.66. The van der Waals surface area contributed by atoms with Crippen molar-refractivity contribution in [3.8, 4) is 0 Å². The Morgan fingerprint density at radius 3 is 2.14 bits per heavy atom. The average Bonchev–Trinajstić information content (AvgIpc) is 2.88. The van der Waals surface area contributed by atoms with E-state index < -0.39 is 0 Å². The summed E-state index contributed by atoms with van der Waals surface area (Å²) >= 11 is 0. The van der Waals surface area contributed by atoms with Gasteiger partial charge in [0, 0.05) is 0 Å². The largest absolute Gasteiger partial charge is 0.393 e. The van der Waals surface area contributed by atoms with Crippen LogP contribution in [0.3, 0.4) is 0 Å². The van der Waals surface area contributed by atoms with E-state index in [4.69, 9.17) is 0 Å². The Bertz CT molecular complexity index is 548. The number of hydrogen-bond acceptors (Lipinski definition) is 3. The minimum Gasteiger partial charge on any atom is -0.393 e. The van der Waals surface area contributed by atoms with Crippen LogP contribution in [-0.4, -0.2) is 11.9 Å². The van der Waals surface area contributed by atoms with Crippen LogP contribution < -0.4 is 0 Å². The van der Waals surface area contributed by atoms with E-state index in [0.717, 1.165) is 23.7 Å². The fourth-order valence-corrected chi connectivity index (χ4v) is 5.03. The standard InChI is InChI=1S/C26H46O3/c1-17(2)11-23(8)22(7)10-9-18(3)12-19(4)13-20(5)14-21(6)15-24-16-25(27)29-26(24)28/h14,17-20,22-24H,9-13,15-16H2,1-8H3/b21-14+. The lowest BCUT2D eigenvalue weighted by Crippen LogP contribution is -2.13. The highest BCUT2D eigenvalue weighted by molar-refractivity contribution is 5.94. The second kappa shape index (κ2) is 12.5. The highest BCUT2D eigenvalue weighted by atomic mass is 16.6. The molecule has 0 saturated carbocycles. The van der Waals surface area contributed by atoms with Gasteiger partial charge in [-0.15, -0.1) is 0 Å². The normalized spacial score (nSPS) is 23.1. The minimum absolute atomic E-state index is 0.237. The second-order valence-corrected chi connectivity index (χ2v) is 10.7. The predicted octanol–water partition coefficient (Wildman–Crippen LogP) is 7.20. The van der Waals surface area contributed by atoms with Crippen LogP contribution in [-0.2, 0) is 14.3 Å². The number of rotatable bonds is 13. The van der Waals surface area contributed by atoms with Crippen molar-refractivity contribution in [1.29, 1.82) is 0 Å². The molecule has 0 aromatic carbocycles. The molecule has 1 aliphatic rings. The number of cyclic esters (lactones) is 2. The van der Waals surface area contributed by atoms with Crippen molar-refractivity contribution in [2.45, 2.75) is 100 Å². The van der Waals surface area contributed by atoms with Crippen LogP contribution in [0.2, 0.25) is 0 Å². The molecule has 0 bridgehead atoms. The summed E-state index contributed by atoms with van der Waals surface area (Å²) in [6.45, 7) is 18.6. The van der Waals surface area contributed by atoms with Crippen molar-refractivity contribution in [2.75, 3.05) is 0 Å². The summed E-state index contributed by atoms with van der Waals surface area (Å²) in [4.78, 5) is 22.9. The van der Waals surface area contributed by atoms with E-state index in [1.54, 1.807) is 0 Å². The monoisotopic (exact) mass is 406 g/mol. The van der Waals surface area contributed by atoms with Crippen LogP contribution >= 0.6 is 0 Å². The molecule has 0 spiro atoms. The number of esters is 2. The van der Waals surface area contributed by atoms with E-state index >= 15 is 0 Å². The van der Waals surface area contributed by atoms with E-state index in [2.05, 4.69) is 66.2 Å². The van der Waals surface area contributed by atoms with Gasteiger partial charge in [-0.1, -0.05) is 73.0 Å². The number of ether oxygens (including phenoxy) is 1. The van der Waals surface area contributed by atoms with Crippen molar-refractivity contribution >= 4 is 11.9 Å². The van der Waals surface area contributed by atoms with Crippen molar-refractivity contribution in [3.63, 3.8) is 0 Å². The summed E-state index contributed by atoms with van der Waals surface area (Å²) in [5.41, 5.74) is 1.20. The van der Waals surface area contributed by atoms with Gasteiger partial charge in [-0.05, 0) is 68.1 Å². The van der Waals surface area contributed by atoms with Gasteiger partial charge in [-0.25, -0.2) is 0 Å². The quantitative estimate of drug-likeness (QED) is 0.184. The zero-order chi connectivity index (χ0) is 22.1. The second-order valence-electron chi connectivity index (χ2n) is 10.7. The number of carbonyl (C=O) groups excluding carboxylic acids is 2. The molecule has 168 valence electrons. The van der Waals surface area contributed by atoms with Gasteiger partial charge in [-0.2, -0.15) is 0 Å². The lowest BCUT2D eigenvalue weighted by Gasteiger charge is -2.24. The number of carbonyl (C=O) groups is 2. The molecule has 1 fully saturated rings. The topological polar surface area (TPSA) is 43.4 Å². The van der Waals surface area contributed by atoms with Crippen LogP contribution in [0.25, 0.3) is 0 Å². The fraction of sp³-hybridized carbons (Fsp3) is 0.846. The van der Waals surface area contributed by atoms with Crippen molar-refractivity contribution in [3.05, 3.63) is 11.6 Å². The first-order valence-corrected chi connectivity index (χ1v) is 11.9. The molecule has 0 aliphatic carbocycles. The van der Waals surface area contributed by atoms with Crippen LogP contribution in [0.15, 0.2) is 11.6 Å². The van der Waals surface area contributed by atoms with Gasteiger partial charge in [0.25, 0.3) is 0 Å². The Hall–Kier alpha value is -1.12. The van der Waals surface area contributed by atoms with Crippen molar-refractivity contribution < 1.29 is 14.3 Å². The molecular formula is C26H46O3. The minimum atomic E-state index is -0.378. The maximum atomic E-state index is 11.6. The summed E-state index contributed by atoms with van der Waals surface area (Å²) in [7, 11) is 0. The van der Waals surface area contributed by atoms with E-state index in [9.17, 15) is 9.59 Å². The molecule has 1 heterocycles. The van der Waals surface area contributed by atoms with Gasteiger partial charge in [0.05, 0.1) is 12.3 Å². The van der Waals surface area contributed by atoms with E-state index in [0.29, 0.717) is 18.3 Å². The molecule has 0 radical (unpaired) electrons. The van der Waals surface area contributed by atoms with Gasteiger partial charge >= 0.3 is 11.9 Å². The van der Waals surface area contributed by atoms with Crippen LogP contribution in [0.4, 0.5) is 0 Å². The molecule has 29 heavy (non-hydrogen) atoms. The summed E-state index contributed by atoms with van der Waals surface area (Å²) in [5.74, 6) is 3.39. The van der Waals surface area contributed by atoms with Gasteiger partial charge < -0.3 is 4.74 Å². The zero-order valence-corrected chi connectivity index (χ0v) is 20.3. The third-order valence-electron chi connectivity index (χ3n) is 6.61. The van der Waals surface area contributed by atoms with E-state index in [1.807, 2.05) is 0 Å². The van der Waals surface area contributed by atoms with Gasteiger partial charge in [0.1, 0.15) is 0 Å². The molecule has 0 amide bonds. The third kappa shape index (κ3) is 10.5. The van der Waals surface area contributed by atoms with Crippen molar-refractivity contribution in [2.24, 2.45) is 41.4 Å². The molecule has 3 heteroatoms. The lowest BCUT2D eigenvalue weighted by molar-refractivity contribution is -0.153. The Morgan fingerprint density at radius 1 is 0.931 bits per heavy atom. The van der Waals surface area contributed by atoms with Crippen LogP contribution in [0, 0.1) is 41.4 Å². The average molecular weight is 407 g/mol. The first-order valence-electron chi connectivity index (χ1n) is 11.9. The summed E-state index contributed by atoms with van der Waals surface area (Å²) in [6.07, 6.45) is 9.63. The Morgan fingerprint density at radius 2 is 1.59 bits per heavy atom. The molecule has 1 rings (SSSR count). The van der Waals surface area contributed by atoms with Gasteiger partial charge in [-0.3, -0.25) is 9.59 Å². The lowest BCUT2D eigenvalue weighted by atomic mass is 9.81. The molecule has 0 N–H and O–H groups in total. The maximum Gasteiger partial charge on any atom is 0.317 e. The molecule has 6 unspecified atom stereocenters. The molecule has 6 atom stereocenters. The zero-order valence-electron chi connectivity index (χ0n) is 20.3. The fourth-order valence-electron chi connectivity index (χ4n) is 5.03. The predicted molar refractivity (Wildman–Crippen MR) is 121 cm³/mol. The Balaban J connectivity index is 2.33. The summed E-state index contributed by atoms with van der Waals surface area (Å²) in [5, 5.41) is 0. The molecule has 0 aromatic heterocycles. The van der Waals surface area contributed by atoms with Crippen molar-refractivity contribution in [1.82, 2.24) is 0 Å². The molecule has 1 aliphatic heterocycles. The molecule has 3 nitrogen and oxygen atoms in total. The molecular weight excluding hydrogens is 360 g/mol. The smallest absolute Gasteiger partial charge is 0.317 e. The van der Waals surface area contributed by atoms with Crippen LogP contribution in [0.5, 0.6) is 0 Å².